The van der Waals surface area contributed by atoms with E-state index < -0.39 is 97.5 Å². The molecule has 0 amide bonds. The molecule has 0 aliphatic rings. The Hall–Kier alpha value is -1.94. The zero-order valence-electron chi connectivity index (χ0n) is 62.0. The maximum absolute atomic E-state index is 13.1. The second-order valence-electron chi connectivity index (χ2n) is 28.1. The SMILES string of the molecule is CCCCCCCCCCCCCCCCC(=O)O[C@H](COC(=O)CCCCCCCCCCCCC)COP(=O)(O)OC[C@H](O)COP(=O)(O)OC[C@@H](COC(=O)CCCCCCCCCCCCC(C)CC)OC(=O)CCCCCCCCCCCCCCCC(C)C. The van der Waals surface area contributed by atoms with E-state index in [-0.39, 0.29) is 25.7 Å². The summed E-state index contributed by atoms with van der Waals surface area (Å²) >= 11 is 0. The Kier molecular flexibility index (Phi) is 66.5. The van der Waals surface area contributed by atoms with Gasteiger partial charge in [0.1, 0.15) is 19.3 Å². The molecule has 0 heterocycles. The Labute approximate surface area is 581 Å². The van der Waals surface area contributed by atoms with E-state index >= 15 is 0 Å². The van der Waals surface area contributed by atoms with E-state index in [1.54, 1.807) is 0 Å². The van der Waals surface area contributed by atoms with Gasteiger partial charge in [0.25, 0.3) is 0 Å². The summed E-state index contributed by atoms with van der Waals surface area (Å²) in [5, 5.41) is 10.6. The van der Waals surface area contributed by atoms with Gasteiger partial charge in [0.05, 0.1) is 26.4 Å². The molecule has 3 N–H and O–H groups in total. The first-order valence-corrected chi connectivity index (χ1v) is 42.5. The number of aliphatic hydroxyl groups excluding tert-OH is 1. The molecule has 0 rings (SSSR count). The van der Waals surface area contributed by atoms with Gasteiger partial charge in [-0.1, -0.05) is 343 Å². The molecule has 19 heteroatoms. The number of unbranched alkanes of at least 4 members (excludes halogenated alkanes) is 44. The summed E-state index contributed by atoms with van der Waals surface area (Å²) in [7, 11) is -9.91. The van der Waals surface area contributed by atoms with Crippen LogP contribution < -0.4 is 0 Å². The van der Waals surface area contributed by atoms with Crippen LogP contribution >= 0.6 is 15.6 Å². The van der Waals surface area contributed by atoms with Crippen molar-refractivity contribution in [1.82, 2.24) is 0 Å². The fourth-order valence-electron chi connectivity index (χ4n) is 11.6. The lowest BCUT2D eigenvalue weighted by Gasteiger charge is -2.21. The summed E-state index contributed by atoms with van der Waals surface area (Å²) in [5.74, 6) is -0.517. The highest BCUT2D eigenvalue weighted by Crippen LogP contribution is 2.45. The van der Waals surface area contributed by atoms with Gasteiger partial charge in [-0.05, 0) is 37.5 Å². The van der Waals surface area contributed by atoms with Crippen LogP contribution in [0, 0.1) is 11.8 Å². The highest BCUT2D eigenvalue weighted by Gasteiger charge is 2.30. The summed E-state index contributed by atoms with van der Waals surface area (Å²) < 4.78 is 68.6. The minimum atomic E-state index is -4.96. The van der Waals surface area contributed by atoms with E-state index in [4.69, 9.17) is 37.0 Å². The Balaban J connectivity index is 5.26. The van der Waals surface area contributed by atoms with Crippen molar-refractivity contribution in [2.75, 3.05) is 39.6 Å². The maximum atomic E-state index is 13.1. The fraction of sp³-hybridized carbons (Fsp3) is 0.947. The zero-order chi connectivity index (χ0) is 70.0. The predicted octanol–water partition coefficient (Wildman–Crippen LogP) is 22.3. The van der Waals surface area contributed by atoms with Gasteiger partial charge >= 0.3 is 39.5 Å². The van der Waals surface area contributed by atoms with Gasteiger partial charge in [-0.2, -0.15) is 0 Å². The Morgan fingerprint density at radius 1 is 0.305 bits per heavy atom. The highest BCUT2D eigenvalue weighted by molar-refractivity contribution is 7.47. The molecule has 0 radical (unpaired) electrons. The minimum Gasteiger partial charge on any atom is -0.462 e. The van der Waals surface area contributed by atoms with E-state index in [2.05, 4.69) is 41.5 Å². The Morgan fingerprint density at radius 2 is 0.537 bits per heavy atom. The summed E-state index contributed by atoms with van der Waals surface area (Å²) in [6, 6.07) is 0. The molecule has 3 unspecified atom stereocenters. The number of esters is 4. The van der Waals surface area contributed by atoms with Crippen molar-refractivity contribution in [3.63, 3.8) is 0 Å². The standard InChI is InChI=1S/C76H148O17P2/c1-7-10-12-14-16-18-20-21-24-28-36-42-48-54-60-75(80)92-71(64-86-73(78)58-52-46-40-34-26-19-17-15-13-11-8-2)66-90-94(82,83)88-62-70(77)63-89-95(84,85)91-67-72(65-87-74(79)59-53-47-41-35-31-30-33-39-45-51-57-69(6)9-3)93-76(81)61-55-49-43-37-29-25-22-23-27-32-38-44-50-56-68(4)5/h68-72,77H,7-67H2,1-6H3,(H,82,83)(H,84,85)/t69?,70-,71+,72+/m0/s1. The van der Waals surface area contributed by atoms with Crippen LogP contribution in [0.15, 0.2) is 0 Å². The van der Waals surface area contributed by atoms with Gasteiger partial charge < -0.3 is 33.8 Å². The number of hydrogen-bond donors (Lipinski definition) is 3. The van der Waals surface area contributed by atoms with Gasteiger partial charge in [0.2, 0.25) is 0 Å². The lowest BCUT2D eigenvalue weighted by Crippen LogP contribution is -2.30. The minimum absolute atomic E-state index is 0.107. The molecule has 6 atom stereocenters. The molecule has 0 aliphatic carbocycles. The number of hydrogen-bond acceptors (Lipinski definition) is 15. The van der Waals surface area contributed by atoms with Crippen molar-refractivity contribution in [1.29, 1.82) is 0 Å². The molecule has 95 heavy (non-hydrogen) atoms. The molecular formula is C76H148O17P2. The first-order valence-electron chi connectivity index (χ1n) is 39.5. The number of carbonyl (C=O) groups excluding carboxylic acids is 4. The molecule has 564 valence electrons. The molecule has 0 bridgehead atoms. The third kappa shape index (κ3) is 69.0. The van der Waals surface area contributed by atoms with Crippen molar-refractivity contribution in [3.8, 4) is 0 Å². The number of ether oxygens (including phenoxy) is 4. The summed E-state index contributed by atoms with van der Waals surface area (Å²) in [4.78, 5) is 72.8. The lowest BCUT2D eigenvalue weighted by molar-refractivity contribution is -0.161. The zero-order valence-corrected chi connectivity index (χ0v) is 63.8. The largest absolute Gasteiger partial charge is 0.472 e. The third-order valence-corrected chi connectivity index (χ3v) is 20.0. The van der Waals surface area contributed by atoms with Crippen LogP contribution in [0.25, 0.3) is 0 Å². The van der Waals surface area contributed by atoms with E-state index in [0.717, 1.165) is 102 Å². The number of rotatable bonds is 75. The van der Waals surface area contributed by atoms with E-state index in [1.807, 2.05) is 0 Å². The second kappa shape index (κ2) is 67.9. The van der Waals surface area contributed by atoms with Crippen molar-refractivity contribution in [2.45, 2.75) is 413 Å². The Bertz CT molecular complexity index is 1840. The molecule has 0 saturated carbocycles. The van der Waals surface area contributed by atoms with Gasteiger partial charge in [-0.15, -0.1) is 0 Å². The topological polar surface area (TPSA) is 237 Å². The Morgan fingerprint density at radius 3 is 0.800 bits per heavy atom. The number of aliphatic hydroxyl groups is 1. The maximum Gasteiger partial charge on any atom is 0.472 e. The predicted molar refractivity (Wildman–Crippen MR) is 386 cm³/mol. The van der Waals surface area contributed by atoms with E-state index in [9.17, 15) is 43.2 Å². The molecule has 0 aliphatic heterocycles. The van der Waals surface area contributed by atoms with Crippen LogP contribution in [-0.4, -0.2) is 96.7 Å². The molecule has 0 spiro atoms. The smallest absolute Gasteiger partial charge is 0.462 e. The van der Waals surface area contributed by atoms with Gasteiger partial charge in [0, 0.05) is 25.7 Å². The quantitative estimate of drug-likeness (QED) is 0.0222. The van der Waals surface area contributed by atoms with Crippen LogP contribution in [0.4, 0.5) is 0 Å². The summed E-state index contributed by atoms with van der Waals surface area (Å²) in [6.45, 7) is 9.65. The average molecular weight is 1400 g/mol. The van der Waals surface area contributed by atoms with Crippen molar-refractivity contribution < 1.29 is 80.2 Å². The average Bonchev–Trinajstić information content (AvgIpc) is 2.26. The molecular weight excluding hydrogens is 1250 g/mol. The molecule has 0 aromatic heterocycles. The number of phosphoric acid groups is 2. The van der Waals surface area contributed by atoms with Crippen molar-refractivity contribution in [2.24, 2.45) is 11.8 Å². The van der Waals surface area contributed by atoms with Crippen LogP contribution in [0.1, 0.15) is 395 Å². The summed E-state index contributed by atoms with van der Waals surface area (Å²) in [5.41, 5.74) is 0. The van der Waals surface area contributed by atoms with Gasteiger partial charge in [-0.25, -0.2) is 9.13 Å². The highest BCUT2D eigenvalue weighted by atomic mass is 31.2. The molecule has 17 nitrogen and oxygen atoms in total. The van der Waals surface area contributed by atoms with E-state index in [1.165, 1.54) is 212 Å². The number of carbonyl (C=O) groups is 4. The van der Waals surface area contributed by atoms with Crippen LogP contribution in [0.2, 0.25) is 0 Å². The molecule has 0 saturated heterocycles. The monoisotopic (exact) mass is 1400 g/mol. The lowest BCUT2D eigenvalue weighted by atomic mass is 9.99. The van der Waals surface area contributed by atoms with Gasteiger partial charge in [-0.3, -0.25) is 37.3 Å². The van der Waals surface area contributed by atoms with Crippen molar-refractivity contribution in [3.05, 3.63) is 0 Å². The third-order valence-electron chi connectivity index (χ3n) is 18.1. The fourth-order valence-corrected chi connectivity index (χ4v) is 13.2. The first kappa shape index (κ1) is 93.1. The van der Waals surface area contributed by atoms with Gasteiger partial charge in [0.15, 0.2) is 12.2 Å². The normalized spacial score (nSPS) is 14.3. The summed E-state index contributed by atoms with van der Waals surface area (Å²) in [6.07, 6.45) is 55.2. The molecule has 0 aromatic carbocycles. The van der Waals surface area contributed by atoms with Crippen LogP contribution in [0.3, 0.4) is 0 Å². The number of phosphoric ester groups is 2. The van der Waals surface area contributed by atoms with Crippen LogP contribution in [-0.2, 0) is 65.4 Å². The molecule has 0 aromatic rings. The van der Waals surface area contributed by atoms with Crippen LogP contribution in [0.5, 0.6) is 0 Å². The van der Waals surface area contributed by atoms with Crippen molar-refractivity contribution >= 4 is 39.5 Å². The van der Waals surface area contributed by atoms with E-state index in [0.29, 0.717) is 25.7 Å². The second-order valence-corrected chi connectivity index (χ2v) is 31.0. The first-order chi connectivity index (χ1) is 45.9. The molecule has 0 fully saturated rings.